The summed E-state index contributed by atoms with van der Waals surface area (Å²) in [7, 11) is 1.47. The van der Waals surface area contributed by atoms with Gasteiger partial charge in [-0.1, -0.05) is 36.4 Å². The van der Waals surface area contributed by atoms with Crippen LogP contribution in [0.3, 0.4) is 0 Å². The lowest BCUT2D eigenvalue weighted by Gasteiger charge is -2.26. The molecule has 0 radical (unpaired) electrons. The number of nitrogens with zero attached hydrogens (tertiary/aromatic N) is 4. The molecule has 0 bridgehead atoms. The van der Waals surface area contributed by atoms with Gasteiger partial charge in [-0.05, 0) is 31.0 Å². The predicted octanol–water partition coefficient (Wildman–Crippen LogP) is 2.53. The zero-order chi connectivity index (χ0) is 24.3. The number of nitro benzene ring substituents is 1. The minimum atomic E-state index is -1.15. The highest BCUT2D eigenvalue weighted by atomic mass is 16.6. The monoisotopic (exact) mass is 456 g/mol. The van der Waals surface area contributed by atoms with E-state index in [0.29, 0.717) is 5.56 Å². The van der Waals surface area contributed by atoms with E-state index < -0.39 is 35.0 Å². The first kappa shape index (κ1) is 23.7. The lowest BCUT2D eigenvalue weighted by molar-refractivity contribution is -0.385. The second-order valence-electron chi connectivity index (χ2n) is 8.07. The lowest BCUT2D eigenvalue weighted by atomic mass is 10.0. The fourth-order valence-electron chi connectivity index (χ4n) is 3.43. The number of urea groups is 1. The van der Waals surface area contributed by atoms with Crippen LogP contribution in [-0.4, -0.2) is 75.1 Å². The molecule has 1 unspecified atom stereocenters. The van der Waals surface area contributed by atoms with Gasteiger partial charge < -0.3 is 9.64 Å². The smallest absolute Gasteiger partial charge is 0.327 e. The Bertz CT molecular complexity index is 1070. The van der Waals surface area contributed by atoms with Gasteiger partial charge in [0.15, 0.2) is 5.75 Å². The summed E-state index contributed by atoms with van der Waals surface area (Å²) in [4.78, 5) is 49.5. The molecule has 33 heavy (non-hydrogen) atoms. The first-order chi connectivity index (χ1) is 15.6. The van der Waals surface area contributed by atoms with Crippen LogP contribution in [0.15, 0.2) is 48.5 Å². The minimum absolute atomic E-state index is 0.0829. The molecule has 1 N–H and O–H groups in total. The van der Waals surface area contributed by atoms with Crippen molar-refractivity contribution in [2.75, 3.05) is 20.2 Å². The zero-order valence-corrected chi connectivity index (χ0v) is 18.4. The van der Waals surface area contributed by atoms with Crippen molar-refractivity contribution in [1.82, 2.24) is 14.9 Å². The summed E-state index contributed by atoms with van der Waals surface area (Å²) in [6.07, 6.45) is 0.112. The Morgan fingerprint density at radius 1 is 1.18 bits per heavy atom. The molecule has 0 aromatic heterocycles. The van der Waals surface area contributed by atoms with Gasteiger partial charge in [0, 0.05) is 13.1 Å². The van der Waals surface area contributed by atoms with Gasteiger partial charge in [0.1, 0.15) is 18.2 Å². The third-order valence-electron chi connectivity index (χ3n) is 5.69. The van der Waals surface area contributed by atoms with E-state index in [9.17, 15) is 29.7 Å². The molecule has 2 aromatic carbocycles. The van der Waals surface area contributed by atoms with Gasteiger partial charge >= 0.3 is 11.7 Å². The summed E-state index contributed by atoms with van der Waals surface area (Å²) < 4.78 is 5.57. The van der Waals surface area contributed by atoms with Crippen molar-refractivity contribution < 1.29 is 29.3 Å². The third kappa shape index (κ3) is 4.62. The van der Waals surface area contributed by atoms with Crippen LogP contribution in [0.1, 0.15) is 13.8 Å². The second-order valence-corrected chi connectivity index (χ2v) is 8.07. The van der Waals surface area contributed by atoms with Gasteiger partial charge in [0.05, 0.1) is 11.5 Å². The highest BCUT2D eigenvalue weighted by Gasteiger charge is 2.50. The number of hydrogen-bond acceptors (Lipinski definition) is 7. The maximum atomic E-state index is 12.6. The average molecular weight is 456 g/mol. The zero-order valence-electron chi connectivity index (χ0n) is 18.4. The topological polar surface area (TPSA) is 134 Å². The van der Waals surface area contributed by atoms with Crippen LogP contribution in [0.2, 0.25) is 0 Å². The molecule has 11 nitrogen and oxygen atoms in total. The number of benzene rings is 2. The quantitative estimate of drug-likeness (QED) is 0.201. The maximum Gasteiger partial charge on any atom is 0.327 e. The number of likely N-dealkylation sites (N-methyl/N-ethyl adjacent to an activating group) is 1. The van der Waals surface area contributed by atoms with Crippen molar-refractivity contribution in [3.63, 3.8) is 0 Å². The molecule has 2 aromatic rings. The summed E-state index contributed by atoms with van der Waals surface area (Å²) in [6.45, 7) is 2.40. The Hall–Kier alpha value is -3.99. The van der Waals surface area contributed by atoms with Gasteiger partial charge in [0.25, 0.3) is 5.91 Å². The molecule has 1 atom stereocenters. The summed E-state index contributed by atoms with van der Waals surface area (Å²) in [5, 5.41) is 21.9. The van der Waals surface area contributed by atoms with Crippen molar-refractivity contribution in [1.29, 1.82) is 0 Å². The highest BCUT2D eigenvalue weighted by molar-refractivity contribution is 6.06. The Morgan fingerprint density at radius 2 is 1.85 bits per heavy atom. The molecule has 1 saturated heterocycles. The number of nitro groups is 1. The summed E-state index contributed by atoms with van der Waals surface area (Å²) in [5.41, 5.74) is 0.00215. The van der Waals surface area contributed by atoms with Crippen molar-refractivity contribution in [3.05, 3.63) is 58.6 Å². The van der Waals surface area contributed by atoms with Crippen LogP contribution in [-0.2, 0) is 9.59 Å². The molecule has 11 heteroatoms. The van der Waals surface area contributed by atoms with E-state index in [1.165, 1.54) is 24.1 Å². The van der Waals surface area contributed by atoms with E-state index in [2.05, 4.69) is 0 Å². The minimum Gasteiger partial charge on any atom is -0.484 e. The SMILES string of the molecule is CN1C(=O)N(CC(COc2ccc(-c3ccccc3)cc2[N+](=O)[O-])N(O)C=O)C(=O)C1(C)C. The van der Waals surface area contributed by atoms with E-state index in [1.807, 2.05) is 30.3 Å². The van der Waals surface area contributed by atoms with E-state index in [0.717, 1.165) is 10.5 Å². The number of carbonyl (C=O) groups is 3. The van der Waals surface area contributed by atoms with Crippen LogP contribution in [0.4, 0.5) is 10.5 Å². The molecule has 1 fully saturated rings. The summed E-state index contributed by atoms with van der Waals surface area (Å²) in [6, 6.07) is 11.8. The second kappa shape index (κ2) is 9.25. The van der Waals surface area contributed by atoms with Crippen LogP contribution in [0.5, 0.6) is 5.75 Å². The summed E-state index contributed by atoms with van der Waals surface area (Å²) in [5.74, 6) is -0.585. The standard InChI is InChI=1S/C22H24N4O7/c1-22(2)20(28)24(21(29)23(22)3)12-17(25(30)14-27)13-33-19-10-9-16(11-18(19)26(31)32)15-7-5-4-6-8-15/h4-11,14,17,30H,12-13H2,1-3H3. The van der Waals surface area contributed by atoms with E-state index in [1.54, 1.807) is 19.9 Å². The fraction of sp³-hybridized carbons (Fsp3) is 0.318. The molecular weight excluding hydrogens is 432 g/mol. The molecule has 3 rings (SSSR count). The Kier molecular flexibility index (Phi) is 6.63. The van der Waals surface area contributed by atoms with Crippen LogP contribution in [0.25, 0.3) is 11.1 Å². The Balaban J connectivity index is 1.81. The van der Waals surface area contributed by atoms with Gasteiger partial charge in [-0.25, -0.2) is 9.86 Å². The number of hydroxylamine groups is 2. The average Bonchev–Trinajstić information content (AvgIpc) is 2.95. The molecular formula is C22H24N4O7. The maximum absolute atomic E-state index is 12.6. The molecule has 0 spiro atoms. The molecule has 1 aliphatic heterocycles. The van der Waals surface area contributed by atoms with Gasteiger partial charge in [-0.15, -0.1) is 0 Å². The van der Waals surface area contributed by atoms with Gasteiger partial charge in [-0.2, -0.15) is 0 Å². The van der Waals surface area contributed by atoms with Gasteiger partial charge in [0.2, 0.25) is 6.41 Å². The Labute approximate surface area is 189 Å². The van der Waals surface area contributed by atoms with Crippen LogP contribution < -0.4 is 4.74 Å². The number of carbonyl (C=O) groups excluding carboxylic acids is 3. The largest absolute Gasteiger partial charge is 0.484 e. The van der Waals surface area contributed by atoms with E-state index >= 15 is 0 Å². The van der Waals surface area contributed by atoms with Crippen molar-refractivity contribution in [2.24, 2.45) is 0 Å². The molecule has 1 heterocycles. The number of imide groups is 1. The van der Waals surface area contributed by atoms with Crippen LogP contribution >= 0.6 is 0 Å². The first-order valence-electron chi connectivity index (χ1n) is 10.1. The molecule has 0 aliphatic carbocycles. The van der Waals surface area contributed by atoms with Crippen LogP contribution in [0, 0.1) is 10.1 Å². The normalized spacial score (nSPS) is 16.0. The predicted molar refractivity (Wildman–Crippen MR) is 116 cm³/mol. The van der Waals surface area contributed by atoms with Crippen molar-refractivity contribution >= 4 is 24.0 Å². The fourth-order valence-corrected chi connectivity index (χ4v) is 3.43. The summed E-state index contributed by atoms with van der Waals surface area (Å²) >= 11 is 0. The van der Waals surface area contributed by atoms with E-state index in [4.69, 9.17) is 4.74 Å². The highest BCUT2D eigenvalue weighted by Crippen LogP contribution is 2.33. The lowest BCUT2D eigenvalue weighted by Crippen LogP contribution is -2.48. The number of rotatable bonds is 9. The number of amides is 4. The van der Waals surface area contributed by atoms with E-state index in [-0.39, 0.29) is 29.5 Å². The van der Waals surface area contributed by atoms with Gasteiger partial charge in [-0.3, -0.25) is 29.8 Å². The van der Waals surface area contributed by atoms with Crippen molar-refractivity contribution in [3.8, 4) is 16.9 Å². The molecule has 174 valence electrons. The van der Waals surface area contributed by atoms with Crippen molar-refractivity contribution in [2.45, 2.75) is 25.4 Å². The number of hydrogen-bond donors (Lipinski definition) is 1. The molecule has 1 aliphatic rings. The number of ether oxygens (including phenoxy) is 1. The molecule has 4 amide bonds. The first-order valence-corrected chi connectivity index (χ1v) is 10.1. The molecule has 0 saturated carbocycles. The Morgan fingerprint density at radius 3 is 2.39 bits per heavy atom. The third-order valence-corrected chi connectivity index (χ3v) is 5.69.